The predicted molar refractivity (Wildman–Crippen MR) is 146 cm³/mol. The van der Waals surface area contributed by atoms with E-state index in [0.717, 1.165) is 97.4 Å². The van der Waals surface area contributed by atoms with Crippen LogP contribution in [0.4, 0.5) is 0 Å². The molecule has 1 N–H and O–H groups in total. The van der Waals surface area contributed by atoms with Gasteiger partial charge in [-0.1, -0.05) is 30.3 Å². The maximum Gasteiger partial charge on any atom is 0.252 e. The van der Waals surface area contributed by atoms with Crippen molar-refractivity contribution >= 4 is 28.5 Å². The SMILES string of the molecule is COc1ccc(C=C2CCCc3c2nc2ccccc2c3C(=O)NCCCN2CCN(C)CC2)cc1. The van der Waals surface area contributed by atoms with Crippen LogP contribution in [0.1, 0.15) is 46.4 Å². The number of ether oxygens (including phenoxy) is 1. The predicted octanol–water partition coefficient (Wildman–Crippen LogP) is 4.49. The lowest BCUT2D eigenvalue weighted by molar-refractivity contribution is 0.0950. The van der Waals surface area contributed by atoms with Gasteiger partial charge in [-0.05, 0) is 80.3 Å². The Balaban J connectivity index is 1.38. The third-order valence-electron chi connectivity index (χ3n) is 7.39. The van der Waals surface area contributed by atoms with Gasteiger partial charge in [0.05, 0.1) is 23.9 Å². The van der Waals surface area contributed by atoms with Crippen molar-refractivity contribution in [1.29, 1.82) is 0 Å². The molecule has 1 amide bonds. The van der Waals surface area contributed by atoms with Crippen molar-refractivity contribution in [2.75, 3.05) is 53.4 Å². The van der Waals surface area contributed by atoms with Gasteiger partial charge in [0.25, 0.3) is 5.91 Å². The van der Waals surface area contributed by atoms with Gasteiger partial charge in [-0.3, -0.25) is 4.79 Å². The van der Waals surface area contributed by atoms with Crippen molar-refractivity contribution < 1.29 is 9.53 Å². The van der Waals surface area contributed by atoms with Crippen LogP contribution in [-0.4, -0.2) is 74.1 Å². The second kappa shape index (κ2) is 11.2. The minimum absolute atomic E-state index is 0.0222. The van der Waals surface area contributed by atoms with Crippen molar-refractivity contribution in [2.24, 2.45) is 0 Å². The minimum Gasteiger partial charge on any atom is -0.497 e. The number of amides is 1. The highest BCUT2D eigenvalue weighted by Gasteiger charge is 2.25. The molecule has 1 fully saturated rings. The van der Waals surface area contributed by atoms with Crippen LogP contribution >= 0.6 is 0 Å². The first-order chi connectivity index (χ1) is 17.6. The molecule has 3 aromatic rings. The van der Waals surface area contributed by atoms with Crippen LogP contribution in [0.25, 0.3) is 22.6 Å². The van der Waals surface area contributed by atoms with E-state index in [4.69, 9.17) is 9.72 Å². The molecule has 0 bridgehead atoms. The Morgan fingerprint density at radius 1 is 1.06 bits per heavy atom. The number of hydrogen-bond acceptors (Lipinski definition) is 5. The molecule has 2 heterocycles. The van der Waals surface area contributed by atoms with Gasteiger partial charge in [-0.2, -0.15) is 0 Å². The van der Waals surface area contributed by atoms with Crippen LogP contribution in [0.15, 0.2) is 48.5 Å². The molecule has 5 rings (SSSR count). The molecule has 1 saturated heterocycles. The monoisotopic (exact) mass is 484 g/mol. The number of carbonyl (C=O) groups excluding carboxylic acids is 1. The molecular weight excluding hydrogens is 448 g/mol. The fourth-order valence-electron chi connectivity index (χ4n) is 5.30. The Kier molecular flexibility index (Phi) is 7.63. The standard InChI is InChI=1S/C30H36N4O2/c1-33-17-19-34(20-18-33)16-6-15-31-30(35)28-25-8-3-4-10-27(25)32-29-23(7-5-9-26(28)29)21-22-11-13-24(36-2)14-12-22/h3-4,8,10-14,21H,5-7,9,15-20H2,1-2H3,(H,31,35). The summed E-state index contributed by atoms with van der Waals surface area (Å²) < 4.78 is 5.30. The molecule has 0 radical (unpaired) electrons. The first-order valence-electron chi connectivity index (χ1n) is 13.1. The van der Waals surface area contributed by atoms with Gasteiger partial charge in [0.1, 0.15) is 5.75 Å². The summed E-state index contributed by atoms with van der Waals surface area (Å²) in [6.45, 7) is 6.16. The largest absolute Gasteiger partial charge is 0.497 e. The number of pyridine rings is 1. The molecule has 6 heteroatoms. The minimum atomic E-state index is 0.0222. The maximum absolute atomic E-state index is 13.6. The lowest BCUT2D eigenvalue weighted by atomic mass is 9.85. The molecule has 0 spiro atoms. The first kappa shape index (κ1) is 24.5. The fraction of sp³-hybridized carbons (Fsp3) is 0.400. The van der Waals surface area contributed by atoms with E-state index in [0.29, 0.717) is 6.54 Å². The molecular formula is C30H36N4O2. The Labute approximate surface area is 214 Å². The summed E-state index contributed by atoms with van der Waals surface area (Å²) in [5.41, 5.74) is 6.03. The Morgan fingerprint density at radius 2 is 1.83 bits per heavy atom. The molecule has 6 nitrogen and oxygen atoms in total. The molecule has 188 valence electrons. The van der Waals surface area contributed by atoms with E-state index < -0.39 is 0 Å². The van der Waals surface area contributed by atoms with Crippen LogP contribution in [0.5, 0.6) is 5.75 Å². The quantitative estimate of drug-likeness (QED) is 0.501. The van der Waals surface area contributed by atoms with Crippen molar-refractivity contribution in [3.63, 3.8) is 0 Å². The number of allylic oxidation sites excluding steroid dienone is 1. The molecule has 1 aliphatic carbocycles. The van der Waals surface area contributed by atoms with Gasteiger partial charge in [0.15, 0.2) is 0 Å². The summed E-state index contributed by atoms with van der Waals surface area (Å²) in [7, 11) is 3.85. The lowest BCUT2D eigenvalue weighted by Crippen LogP contribution is -2.45. The van der Waals surface area contributed by atoms with Gasteiger partial charge in [-0.15, -0.1) is 0 Å². The number of nitrogens with one attached hydrogen (secondary N) is 1. The zero-order chi connectivity index (χ0) is 24.9. The summed E-state index contributed by atoms with van der Waals surface area (Å²) in [5.74, 6) is 0.866. The van der Waals surface area contributed by atoms with E-state index in [1.54, 1.807) is 7.11 Å². The Bertz CT molecular complexity index is 1240. The number of aromatic nitrogens is 1. The molecule has 0 unspecified atom stereocenters. The van der Waals surface area contributed by atoms with E-state index in [9.17, 15) is 4.79 Å². The fourth-order valence-corrected chi connectivity index (χ4v) is 5.30. The van der Waals surface area contributed by atoms with Crippen LogP contribution in [0.2, 0.25) is 0 Å². The highest BCUT2D eigenvalue weighted by molar-refractivity contribution is 6.09. The van der Waals surface area contributed by atoms with Gasteiger partial charge >= 0.3 is 0 Å². The summed E-state index contributed by atoms with van der Waals surface area (Å²) in [4.78, 5) is 23.5. The Hall–Kier alpha value is -3.22. The molecule has 0 saturated carbocycles. The number of hydrogen-bond donors (Lipinski definition) is 1. The van der Waals surface area contributed by atoms with E-state index in [-0.39, 0.29) is 5.91 Å². The normalized spacial score (nSPS) is 17.8. The third kappa shape index (κ3) is 5.45. The number of rotatable bonds is 7. The number of likely N-dealkylation sites (N-methyl/N-ethyl adjacent to an activating group) is 1. The molecule has 2 aromatic carbocycles. The van der Waals surface area contributed by atoms with E-state index >= 15 is 0 Å². The number of para-hydroxylation sites is 1. The van der Waals surface area contributed by atoms with Crippen LogP contribution in [0, 0.1) is 0 Å². The maximum atomic E-state index is 13.6. The average Bonchev–Trinajstić information content (AvgIpc) is 2.91. The van der Waals surface area contributed by atoms with Gasteiger partial charge in [0.2, 0.25) is 0 Å². The highest BCUT2D eigenvalue weighted by atomic mass is 16.5. The topological polar surface area (TPSA) is 57.7 Å². The molecule has 2 aliphatic rings. The van der Waals surface area contributed by atoms with Crippen molar-refractivity contribution in [3.8, 4) is 5.75 Å². The summed E-state index contributed by atoms with van der Waals surface area (Å²) in [6.07, 6.45) is 6.01. The molecule has 1 aliphatic heterocycles. The number of fused-ring (bicyclic) bond motifs is 2. The van der Waals surface area contributed by atoms with Crippen molar-refractivity contribution in [3.05, 3.63) is 70.9 Å². The molecule has 0 atom stereocenters. The third-order valence-corrected chi connectivity index (χ3v) is 7.39. The Morgan fingerprint density at radius 3 is 2.61 bits per heavy atom. The molecule has 36 heavy (non-hydrogen) atoms. The van der Waals surface area contributed by atoms with E-state index in [1.807, 2.05) is 36.4 Å². The van der Waals surface area contributed by atoms with Gasteiger partial charge in [-0.25, -0.2) is 4.98 Å². The van der Waals surface area contributed by atoms with Crippen molar-refractivity contribution in [2.45, 2.75) is 25.7 Å². The second-order valence-corrected chi connectivity index (χ2v) is 9.88. The van der Waals surface area contributed by atoms with Crippen LogP contribution in [-0.2, 0) is 6.42 Å². The lowest BCUT2D eigenvalue weighted by Gasteiger charge is -2.32. The number of piperazine rings is 1. The average molecular weight is 485 g/mol. The number of carbonyl (C=O) groups is 1. The number of benzene rings is 2. The van der Waals surface area contributed by atoms with Crippen LogP contribution < -0.4 is 10.1 Å². The zero-order valence-corrected chi connectivity index (χ0v) is 21.4. The van der Waals surface area contributed by atoms with E-state index in [2.05, 4.69) is 40.4 Å². The van der Waals surface area contributed by atoms with Crippen LogP contribution in [0.3, 0.4) is 0 Å². The highest BCUT2D eigenvalue weighted by Crippen LogP contribution is 2.36. The van der Waals surface area contributed by atoms with Gasteiger partial charge in [0, 0.05) is 38.1 Å². The second-order valence-electron chi connectivity index (χ2n) is 9.88. The summed E-state index contributed by atoms with van der Waals surface area (Å²) in [5, 5.41) is 4.17. The smallest absolute Gasteiger partial charge is 0.252 e. The number of methoxy groups -OCH3 is 1. The van der Waals surface area contributed by atoms with Crippen molar-refractivity contribution in [1.82, 2.24) is 20.1 Å². The summed E-state index contributed by atoms with van der Waals surface area (Å²) in [6, 6.07) is 16.1. The number of nitrogens with zero attached hydrogens (tertiary/aromatic N) is 3. The first-order valence-corrected chi connectivity index (χ1v) is 13.1. The van der Waals surface area contributed by atoms with E-state index in [1.165, 1.54) is 5.57 Å². The van der Waals surface area contributed by atoms with Gasteiger partial charge < -0.3 is 19.9 Å². The molecule has 1 aromatic heterocycles. The summed E-state index contributed by atoms with van der Waals surface area (Å²) >= 11 is 0. The zero-order valence-electron chi connectivity index (χ0n) is 21.4.